The van der Waals surface area contributed by atoms with E-state index in [0.29, 0.717) is 24.4 Å². The Hall–Kier alpha value is -1.60. The number of nitrogens with zero attached hydrogens (tertiary/aromatic N) is 4. The summed E-state index contributed by atoms with van der Waals surface area (Å²) in [4.78, 5) is 25.3. The lowest BCUT2D eigenvalue weighted by atomic mass is 9.82. The second-order valence-corrected chi connectivity index (χ2v) is 9.73. The molecule has 8 heteroatoms. The van der Waals surface area contributed by atoms with E-state index in [4.69, 9.17) is 10.1 Å². The minimum Gasteiger partial charge on any atom is -0.481 e. The fourth-order valence-electron chi connectivity index (χ4n) is 5.66. The predicted molar refractivity (Wildman–Crippen MR) is 131 cm³/mol. The zero-order valence-electron chi connectivity index (χ0n) is 19.3. The van der Waals surface area contributed by atoms with E-state index in [1.54, 1.807) is 0 Å². The van der Waals surface area contributed by atoms with Crippen molar-refractivity contribution >= 4 is 30.1 Å². The Labute approximate surface area is 198 Å². The van der Waals surface area contributed by atoms with Crippen molar-refractivity contribution in [1.29, 1.82) is 0 Å². The third-order valence-corrected chi connectivity index (χ3v) is 7.46. The van der Waals surface area contributed by atoms with Crippen LogP contribution in [0.3, 0.4) is 0 Å². The van der Waals surface area contributed by atoms with Crippen LogP contribution in [0.15, 0.2) is 12.3 Å². The molecule has 1 aliphatic carbocycles. The number of likely N-dealkylation sites (tertiary alicyclic amines) is 1. The van der Waals surface area contributed by atoms with Crippen molar-refractivity contribution < 1.29 is 9.90 Å². The summed E-state index contributed by atoms with van der Waals surface area (Å²) < 4.78 is 0. The number of hydrogen-bond acceptors (Lipinski definition) is 6. The number of aromatic nitrogens is 2. The molecule has 0 aromatic carbocycles. The van der Waals surface area contributed by atoms with Crippen molar-refractivity contribution in [2.45, 2.75) is 89.1 Å². The second kappa shape index (κ2) is 12.6. The van der Waals surface area contributed by atoms with E-state index in [1.807, 2.05) is 12.3 Å². The van der Waals surface area contributed by atoms with Crippen LogP contribution in [0, 0.1) is 5.92 Å². The second-order valence-electron chi connectivity index (χ2n) is 9.73. The van der Waals surface area contributed by atoms with Crippen LogP contribution < -0.4 is 10.2 Å². The van der Waals surface area contributed by atoms with Crippen LogP contribution in [-0.2, 0) is 4.79 Å². The van der Waals surface area contributed by atoms with Gasteiger partial charge in [-0.15, -0.1) is 12.4 Å². The lowest BCUT2D eigenvalue weighted by molar-refractivity contribution is -0.137. The zero-order valence-corrected chi connectivity index (χ0v) is 20.1. The Kier molecular flexibility index (Phi) is 9.85. The zero-order chi connectivity index (χ0) is 21.5. The number of anilines is 2. The summed E-state index contributed by atoms with van der Waals surface area (Å²) in [6.45, 7) is 4.44. The molecule has 0 radical (unpaired) electrons. The molecule has 32 heavy (non-hydrogen) atoms. The van der Waals surface area contributed by atoms with Crippen molar-refractivity contribution in [1.82, 2.24) is 14.9 Å². The molecule has 3 aliphatic rings. The summed E-state index contributed by atoms with van der Waals surface area (Å²) in [5.41, 5.74) is 0. The molecule has 2 saturated heterocycles. The van der Waals surface area contributed by atoms with Crippen LogP contribution in [0.2, 0.25) is 0 Å². The Morgan fingerprint density at radius 2 is 1.78 bits per heavy atom. The monoisotopic (exact) mass is 465 g/mol. The summed E-state index contributed by atoms with van der Waals surface area (Å²) in [6, 6.07) is 3.10. The molecule has 3 fully saturated rings. The quantitative estimate of drug-likeness (QED) is 0.609. The van der Waals surface area contributed by atoms with Crippen LogP contribution in [0.25, 0.3) is 0 Å². The van der Waals surface area contributed by atoms with Crippen molar-refractivity contribution in [2.24, 2.45) is 5.92 Å². The smallest absolute Gasteiger partial charge is 0.303 e. The van der Waals surface area contributed by atoms with Crippen LogP contribution >= 0.6 is 12.4 Å². The van der Waals surface area contributed by atoms with E-state index in [0.717, 1.165) is 37.8 Å². The van der Waals surface area contributed by atoms with E-state index >= 15 is 0 Å². The molecular weight excluding hydrogens is 426 g/mol. The minimum atomic E-state index is -0.658. The van der Waals surface area contributed by atoms with Crippen LogP contribution in [0.1, 0.15) is 77.0 Å². The van der Waals surface area contributed by atoms with Crippen molar-refractivity contribution in [3.63, 3.8) is 0 Å². The number of carbonyl (C=O) groups is 1. The first kappa shape index (κ1) is 25.0. The van der Waals surface area contributed by atoms with Gasteiger partial charge in [0, 0.05) is 44.3 Å². The van der Waals surface area contributed by atoms with Gasteiger partial charge < -0.3 is 15.3 Å². The first-order valence-corrected chi connectivity index (χ1v) is 12.5. The van der Waals surface area contributed by atoms with E-state index < -0.39 is 5.97 Å². The molecule has 180 valence electrons. The molecule has 1 aromatic rings. The number of piperidine rings is 1. The number of aliphatic carboxylic acids is 1. The summed E-state index contributed by atoms with van der Waals surface area (Å²) in [5, 5.41) is 12.6. The van der Waals surface area contributed by atoms with Gasteiger partial charge in [0.05, 0.1) is 0 Å². The predicted octanol–water partition coefficient (Wildman–Crippen LogP) is 4.58. The number of nitrogens with one attached hydrogen (secondary N) is 1. The third kappa shape index (κ3) is 7.20. The van der Waals surface area contributed by atoms with Crippen molar-refractivity contribution in [2.75, 3.05) is 36.4 Å². The fourth-order valence-corrected chi connectivity index (χ4v) is 5.66. The van der Waals surface area contributed by atoms with Crippen LogP contribution in [0.5, 0.6) is 0 Å². The highest BCUT2D eigenvalue weighted by Crippen LogP contribution is 2.32. The first-order chi connectivity index (χ1) is 15.2. The molecule has 0 spiro atoms. The first-order valence-electron chi connectivity index (χ1n) is 12.5. The Morgan fingerprint density at radius 1 is 1.03 bits per heavy atom. The molecule has 0 bridgehead atoms. The average molecular weight is 466 g/mol. The topological polar surface area (TPSA) is 81.6 Å². The van der Waals surface area contributed by atoms with Gasteiger partial charge in [-0.25, -0.2) is 4.98 Å². The van der Waals surface area contributed by atoms with Gasteiger partial charge in [0.15, 0.2) is 0 Å². The molecule has 1 unspecified atom stereocenters. The number of hydrogen-bond donors (Lipinski definition) is 2. The van der Waals surface area contributed by atoms with Crippen LogP contribution in [-0.4, -0.2) is 64.2 Å². The van der Waals surface area contributed by atoms with E-state index in [1.165, 1.54) is 70.8 Å². The molecule has 2 N–H and O–H groups in total. The summed E-state index contributed by atoms with van der Waals surface area (Å²) in [6.07, 6.45) is 15.4. The van der Waals surface area contributed by atoms with E-state index in [-0.39, 0.29) is 12.4 Å². The SMILES string of the molecule is Cl.O=C(O)CCC1CCC(N2CCCC(Nc3nccc(N4CCCCCC4)n3)C2)CC1. The van der Waals surface area contributed by atoms with E-state index in [2.05, 4.69) is 20.1 Å². The third-order valence-electron chi connectivity index (χ3n) is 7.46. The minimum absolute atomic E-state index is 0. The molecular formula is C24H40ClN5O2. The standard InChI is InChI=1S/C24H39N5O2.ClH/c30-23(31)12-9-19-7-10-21(11-8-19)29-17-5-6-20(18-29)26-24-25-14-13-22(27-24)28-15-3-1-2-4-16-28;/h13-14,19-21H,1-12,15-18H2,(H,30,31)(H,25,26,27);1H. The summed E-state index contributed by atoms with van der Waals surface area (Å²) in [5.74, 6) is 1.77. The molecule has 1 aromatic heterocycles. The molecule has 7 nitrogen and oxygen atoms in total. The van der Waals surface area contributed by atoms with Crippen molar-refractivity contribution in [3.05, 3.63) is 12.3 Å². The Bertz CT molecular complexity index is 705. The maximum Gasteiger partial charge on any atom is 0.303 e. The lowest BCUT2D eigenvalue weighted by Gasteiger charge is -2.41. The molecule has 4 rings (SSSR count). The van der Waals surface area contributed by atoms with Gasteiger partial charge in [0.25, 0.3) is 0 Å². The number of halogens is 1. The highest BCUT2D eigenvalue weighted by atomic mass is 35.5. The van der Waals surface area contributed by atoms with Gasteiger partial charge in [0.1, 0.15) is 5.82 Å². The molecule has 1 saturated carbocycles. The Morgan fingerprint density at radius 3 is 2.50 bits per heavy atom. The molecule has 2 aliphatic heterocycles. The highest BCUT2D eigenvalue weighted by Gasteiger charge is 2.30. The van der Waals surface area contributed by atoms with Gasteiger partial charge >= 0.3 is 5.97 Å². The summed E-state index contributed by atoms with van der Waals surface area (Å²) >= 11 is 0. The summed E-state index contributed by atoms with van der Waals surface area (Å²) in [7, 11) is 0. The van der Waals surface area contributed by atoms with Gasteiger partial charge in [-0.3, -0.25) is 9.69 Å². The van der Waals surface area contributed by atoms with Gasteiger partial charge in [-0.1, -0.05) is 12.8 Å². The fraction of sp³-hybridized carbons (Fsp3) is 0.792. The van der Waals surface area contributed by atoms with Gasteiger partial charge in [-0.05, 0) is 76.3 Å². The normalized spacial score (nSPS) is 27.2. The number of rotatable bonds is 7. The molecule has 1 atom stereocenters. The maximum absolute atomic E-state index is 10.8. The highest BCUT2D eigenvalue weighted by molar-refractivity contribution is 5.85. The van der Waals surface area contributed by atoms with Crippen LogP contribution in [0.4, 0.5) is 11.8 Å². The number of carboxylic acids is 1. The van der Waals surface area contributed by atoms with Gasteiger partial charge in [0.2, 0.25) is 5.95 Å². The largest absolute Gasteiger partial charge is 0.481 e. The van der Waals surface area contributed by atoms with Gasteiger partial charge in [-0.2, -0.15) is 4.98 Å². The maximum atomic E-state index is 10.8. The van der Waals surface area contributed by atoms with E-state index in [9.17, 15) is 4.79 Å². The molecule has 0 amide bonds. The number of carboxylic acid groups (broad SMARTS) is 1. The lowest BCUT2D eigenvalue weighted by Crippen LogP contribution is -2.48. The molecule has 3 heterocycles. The van der Waals surface area contributed by atoms with Crippen molar-refractivity contribution in [3.8, 4) is 0 Å². The average Bonchev–Trinajstić information content (AvgIpc) is 3.08. The Balaban J connectivity index is 0.00000289.